The molecule has 2 aromatic carbocycles. The quantitative estimate of drug-likeness (QED) is 0.778. The van der Waals surface area contributed by atoms with E-state index in [4.69, 9.17) is 27.9 Å². The second-order valence-corrected chi connectivity index (χ2v) is 5.46. The van der Waals surface area contributed by atoms with Gasteiger partial charge in [-0.3, -0.25) is 4.90 Å². The maximum absolute atomic E-state index is 5.94. The molecule has 0 N–H and O–H groups in total. The lowest BCUT2D eigenvalue weighted by Gasteiger charge is -2.17. The number of benzene rings is 2. The Morgan fingerprint density at radius 1 is 1.00 bits per heavy atom. The minimum atomic E-state index is 0.516. The molecule has 0 unspecified atom stereocenters. The molecule has 2 nitrogen and oxygen atoms in total. The molecule has 0 bridgehead atoms. The molecule has 0 radical (unpaired) electrons. The van der Waals surface area contributed by atoms with Gasteiger partial charge < -0.3 is 4.74 Å². The van der Waals surface area contributed by atoms with Crippen molar-refractivity contribution in [2.45, 2.75) is 6.54 Å². The average Bonchev–Trinajstić information content (AvgIpc) is 2.44. The SMILES string of the molecule is CN(CCOc1ccc(Cl)c(Cl)c1)Cc1ccccc1. The van der Waals surface area contributed by atoms with E-state index in [0.717, 1.165) is 18.8 Å². The molecule has 106 valence electrons. The van der Waals surface area contributed by atoms with E-state index >= 15 is 0 Å². The largest absolute Gasteiger partial charge is 0.492 e. The minimum Gasteiger partial charge on any atom is -0.492 e. The van der Waals surface area contributed by atoms with Gasteiger partial charge in [0.15, 0.2) is 0 Å². The lowest BCUT2D eigenvalue weighted by molar-refractivity contribution is 0.233. The van der Waals surface area contributed by atoms with Gasteiger partial charge in [-0.1, -0.05) is 53.5 Å². The summed E-state index contributed by atoms with van der Waals surface area (Å²) >= 11 is 11.8. The number of rotatable bonds is 6. The molecule has 0 fully saturated rings. The smallest absolute Gasteiger partial charge is 0.120 e. The molecule has 0 spiro atoms. The number of nitrogens with zero attached hydrogens (tertiary/aromatic N) is 1. The molecule has 0 amide bonds. The highest BCUT2D eigenvalue weighted by atomic mass is 35.5. The van der Waals surface area contributed by atoms with Gasteiger partial charge in [-0.2, -0.15) is 0 Å². The van der Waals surface area contributed by atoms with Crippen molar-refractivity contribution in [1.82, 2.24) is 4.90 Å². The Hall–Kier alpha value is -1.22. The van der Waals surface area contributed by atoms with Gasteiger partial charge in [-0.25, -0.2) is 0 Å². The fourth-order valence-corrected chi connectivity index (χ4v) is 2.15. The summed E-state index contributed by atoms with van der Waals surface area (Å²) in [6.07, 6.45) is 0. The first-order chi connectivity index (χ1) is 9.65. The van der Waals surface area contributed by atoms with Gasteiger partial charge in [0.25, 0.3) is 0 Å². The molecule has 0 heterocycles. The summed E-state index contributed by atoms with van der Waals surface area (Å²) in [6, 6.07) is 15.7. The van der Waals surface area contributed by atoms with Gasteiger partial charge >= 0.3 is 0 Å². The summed E-state index contributed by atoms with van der Waals surface area (Å²) in [5.41, 5.74) is 1.30. The van der Waals surface area contributed by atoms with Gasteiger partial charge in [-0.05, 0) is 24.7 Å². The minimum absolute atomic E-state index is 0.516. The van der Waals surface area contributed by atoms with Crippen molar-refractivity contribution in [2.24, 2.45) is 0 Å². The highest BCUT2D eigenvalue weighted by Crippen LogP contribution is 2.26. The van der Waals surface area contributed by atoms with Crippen molar-refractivity contribution >= 4 is 23.2 Å². The van der Waals surface area contributed by atoms with Crippen molar-refractivity contribution in [3.05, 3.63) is 64.1 Å². The van der Waals surface area contributed by atoms with Crippen LogP contribution in [0.25, 0.3) is 0 Å². The van der Waals surface area contributed by atoms with Crippen molar-refractivity contribution in [3.63, 3.8) is 0 Å². The zero-order chi connectivity index (χ0) is 14.4. The third-order valence-corrected chi connectivity index (χ3v) is 3.67. The number of ether oxygens (including phenoxy) is 1. The highest BCUT2D eigenvalue weighted by Gasteiger charge is 2.02. The van der Waals surface area contributed by atoms with Gasteiger partial charge in [-0.15, -0.1) is 0 Å². The summed E-state index contributed by atoms with van der Waals surface area (Å²) < 4.78 is 5.67. The van der Waals surface area contributed by atoms with Crippen LogP contribution in [0.3, 0.4) is 0 Å². The molecule has 0 saturated carbocycles. The zero-order valence-corrected chi connectivity index (χ0v) is 12.9. The van der Waals surface area contributed by atoms with Crippen LogP contribution < -0.4 is 4.74 Å². The van der Waals surface area contributed by atoms with Crippen LogP contribution in [0.15, 0.2) is 48.5 Å². The van der Waals surface area contributed by atoms with E-state index in [0.29, 0.717) is 16.7 Å². The zero-order valence-electron chi connectivity index (χ0n) is 11.4. The van der Waals surface area contributed by atoms with E-state index in [2.05, 4.69) is 36.2 Å². The topological polar surface area (TPSA) is 12.5 Å². The van der Waals surface area contributed by atoms with Crippen molar-refractivity contribution in [2.75, 3.05) is 20.2 Å². The predicted octanol–water partition coefficient (Wildman–Crippen LogP) is 4.50. The second kappa shape index (κ2) is 7.53. The first-order valence-corrected chi connectivity index (χ1v) is 7.21. The van der Waals surface area contributed by atoms with E-state index in [1.165, 1.54) is 5.56 Å². The maximum Gasteiger partial charge on any atom is 0.120 e. The van der Waals surface area contributed by atoms with Crippen LogP contribution in [-0.2, 0) is 6.54 Å². The van der Waals surface area contributed by atoms with Crippen LogP contribution in [0.2, 0.25) is 10.0 Å². The standard InChI is InChI=1S/C16H17Cl2NO/c1-19(12-13-5-3-2-4-6-13)9-10-20-14-7-8-15(17)16(18)11-14/h2-8,11H,9-10,12H2,1H3. The normalized spacial score (nSPS) is 10.8. The van der Waals surface area contributed by atoms with Gasteiger partial charge in [0, 0.05) is 19.2 Å². The Kier molecular flexibility index (Phi) is 5.72. The molecule has 2 aromatic rings. The summed E-state index contributed by atoms with van der Waals surface area (Å²) in [4.78, 5) is 2.22. The van der Waals surface area contributed by atoms with E-state index in [9.17, 15) is 0 Å². The lowest BCUT2D eigenvalue weighted by Crippen LogP contribution is -2.23. The van der Waals surface area contributed by atoms with E-state index in [-0.39, 0.29) is 0 Å². The Labute approximate surface area is 129 Å². The average molecular weight is 310 g/mol. The Morgan fingerprint density at radius 2 is 1.75 bits per heavy atom. The number of halogens is 2. The fourth-order valence-electron chi connectivity index (χ4n) is 1.86. The molecular weight excluding hydrogens is 293 g/mol. The molecule has 4 heteroatoms. The molecule has 0 atom stereocenters. The molecule has 0 aliphatic carbocycles. The Balaban J connectivity index is 1.76. The van der Waals surface area contributed by atoms with Gasteiger partial charge in [0.2, 0.25) is 0 Å². The first kappa shape index (κ1) is 15.2. The summed E-state index contributed by atoms with van der Waals surface area (Å²) in [6.45, 7) is 2.36. The van der Waals surface area contributed by atoms with Gasteiger partial charge in [0.1, 0.15) is 12.4 Å². The van der Waals surface area contributed by atoms with E-state index in [1.807, 2.05) is 12.1 Å². The Morgan fingerprint density at radius 3 is 2.45 bits per heavy atom. The Bertz CT molecular complexity index is 545. The first-order valence-electron chi connectivity index (χ1n) is 6.45. The molecule has 0 aliphatic rings. The van der Waals surface area contributed by atoms with Crippen molar-refractivity contribution in [3.8, 4) is 5.75 Å². The predicted molar refractivity (Wildman–Crippen MR) is 84.7 cm³/mol. The summed E-state index contributed by atoms with van der Waals surface area (Å²) in [5, 5.41) is 1.06. The number of likely N-dealkylation sites (N-methyl/N-ethyl adjacent to an activating group) is 1. The second-order valence-electron chi connectivity index (χ2n) is 4.65. The maximum atomic E-state index is 5.94. The molecule has 2 rings (SSSR count). The van der Waals surface area contributed by atoms with Crippen LogP contribution >= 0.6 is 23.2 Å². The van der Waals surface area contributed by atoms with Crippen molar-refractivity contribution in [1.29, 1.82) is 0 Å². The number of hydrogen-bond acceptors (Lipinski definition) is 2. The number of hydrogen-bond donors (Lipinski definition) is 0. The fraction of sp³-hybridized carbons (Fsp3) is 0.250. The molecular formula is C16H17Cl2NO. The molecule has 0 aromatic heterocycles. The summed E-state index contributed by atoms with van der Waals surface area (Å²) in [7, 11) is 2.07. The third-order valence-electron chi connectivity index (χ3n) is 2.93. The molecule has 0 saturated heterocycles. The van der Waals surface area contributed by atoms with E-state index < -0.39 is 0 Å². The van der Waals surface area contributed by atoms with Crippen LogP contribution in [0.1, 0.15) is 5.56 Å². The van der Waals surface area contributed by atoms with Crippen LogP contribution in [0.4, 0.5) is 0 Å². The monoisotopic (exact) mass is 309 g/mol. The molecule has 20 heavy (non-hydrogen) atoms. The van der Waals surface area contributed by atoms with Crippen LogP contribution in [-0.4, -0.2) is 25.1 Å². The van der Waals surface area contributed by atoms with Crippen molar-refractivity contribution < 1.29 is 4.74 Å². The van der Waals surface area contributed by atoms with Crippen LogP contribution in [0, 0.1) is 0 Å². The highest BCUT2D eigenvalue weighted by molar-refractivity contribution is 6.42. The van der Waals surface area contributed by atoms with Crippen LogP contribution in [0.5, 0.6) is 5.75 Å². The lowest BCUT2D eigenvalue weighted by atomic mass is 10.2. The molecule has 0 aliphatic heterocycles. The third kappa shape index (κ3) is 4.71. The van der Waals surface area contributed by atoms with Gasteiger partial charge in [0.05, 0.1) is 10.0 Å². The summed E-state index contributed by atoms with van der Waals surface area (Å²) in [5.74, 6) is 0.743. The van der Waals surface area contributed by atoms with E-state index in [1.54, 1.807) is 12.1 Å².